The van der Waals surface area contributed by atoms with Crippen molar-refractivity contribution < 1.29 is 0 Å². The van der Waals surface area contributed by atoms with Gasteiger partial charge in [-0.3, -0.25) is 0 Å². The molecule has 20 heavy (non-hydrogen) atoms. The number of aryl methyl sites for hydroxylation is 1. The monoisotopic (exact) mass is 263 g/mol. The maximum Gasteiger partial charge on any atom is 0.146 e. The normalized spacial score (nSPS) is 18.0. The Balaban J connectivity index is 1.84. The van der Waals surface area contributed by atoms with Crippen molar-refractivity contribution in [3.05, 3.63) is 59.3 Å². The maximum absolute atomic E-state index is 9.24. The van der Waals surface area contributed by atoms with Crippen LogP contribution in [-0.2, 0) is 0 Å². The Morgan fingerprint density at radius 2 is 2.00 bits per heavy atom. The van der Waals surface area contributed by atoms with E-state index in [1.54, 1.807) is 0 Å². The second-order valence-electron chi connectivity index (χ2n) is 5.28. The minimum absolute atomic E-state index is 0.532. The average Bonchev–Trinajstić information content (AvgIpc) is 2.98. The summed E-state index contributed by atoms with van der Waals surface area (Å²) in [5.41, 5.74) is 3.01. The quantitative estimate of drug-likeness (QED) is 0.835. The number of nitriles is 1. The third-order valence-corrected chi connectivity index (χ3v) is 3.89. The molecule has 0 saturated carbocycles. The van der Waals surface area contributed by atoms with Gasteiger partial charge in [-0.15, -0.1) is 0 Å². The second-order valence-corrected chi connectivity index (χ2v) is 5.28. The third-order valence-electron chi connectivity index (χ3n) is 3.89. The van der Waals surface area contributed by atoms with Crippen molar-refractivity contribution in [3.8, 4) is 6.07 Å². The highest BCUT2D eigenvalue weighted by molar-refractivity contribution is 5.55. The van der Waals surface area contributed by atoms with Gasteiger partial charge in [0.25, 0.3) is 0 Å². The van der Waals surface area contributed by atoms with Crippen LogP contribution in [0.25, 0.3) is 0 Å². The van der Waals surface area contributed by atoms with Crippen LogP contribution in [-0.4, -0.2) is 18.1 Å². The first-order valence-corrected chi connectivity index (χ1v) is 6.95. The molecule has 1 aliphatic rings. The van der Waals surface area contributed by atoms with E-state index >= 15 is 0 Å². The number of benzene rings is 1. The number of hydrogen-bond acceptors (Lipinski definition) is 3. The first kappa shape index (κ1) is 12.7. The minimum atomic E-state index is 0.532. The average molecular weight is 263 g/mol. The largest absolute Gasteiger partial charge is 0.355 e. The molecule has 0 N–H and O–H groups in total. The van der Waals surface area contributed by atoms with Crippen LogP contribution >= 0.6 is 0 Å². The Bertz CT molecular complexity index is 643. The summed E-state index contributed by atoms with van der Waals surface area (Å²) in [5, 5.41) is 9.24. The van der Waals surface area contributed by atoms with E-state index in [-0.39, 0.29) is 0 Å². The summed E-state index contributed by atoms with van der Waals surface area (Å²) >= 11 is 0. The van der Waals surface area contributed by atoms with Crippen LogP contribution in [0, 0.1) is 18.3 Å². The molecule has 1 fully saturated rings. The molecule has 3 heteroatoms. The van der Waals surface area contributed by atoms with E-state index in [0.29, 0.717) is 11.5 Å². The summed E-state index contributed by atoms with van der Waals surface area (Å²) in [5.74, 6) is 1.37. The van der Waals surface area contributed by atoms with E-state index in [4.69, 9.17) is 0 Å². The Morgan fingerprint density at radius 3 is 2.75 bits per heavy atom. The van der Waals surface area contributed by atoms with Gasteiger partial charge in [0.15, 0.2) is 0 Å². The lowest BCUT2D eigenvalue weighted by molar-refractivity contribution is 0.774. The molecule has 0 aliphatic carbocycles. The van der Waals surface area contributed by atoms with E-state index < -0.39 is 0 Å². The van der Waals surface area contributed by atoms with Crippen molar-refractivity contribution in [1.29, 1.82) is 5.26 Å². The van der Waals surface area contributed by atoms with Gasteiger partial charge in [0, 0.05) is 24.7 Å². The summed E-state index contributed by atoms with van der Waals surface area (Å²) in [7, 11) is 0. The zero-order chi connectivity index (χ0) is 13.9. The second kappa shape index (κ2) is 5.34. The summed E-state index contributed by atoms with van der Waals surface area (Å²) in [6.45, 7) is 3.87. The van der Waals surface area contributed by atoms with Gasteiger partial charge in [-0.2, -0.15) is 5.26 Å². The fraction of sp³-hybridized carbons (Fsp3) is 0.294. The van der Waals surface area contributed by atoms with E-state index in [1.165, 1.54) is 5.56 Å². The van der Waals surface area contributed by atoms with Crippen molar-refractivity contribution in [2.45, 2.75) is 19.3 Å². The van der Waals surface area contributed by atoms with Crippen LogP contribution in [0.1, 0.15) is 29.2 Å². The molecule has 3 rings (SSSR count). The Morgan fingerprint density at radius 1 is 1.20 bits per heavy atom. The molecule has 0 radical (unpaired) electrons. The van der Waals surface area contributed by atoms with Gasteiger partial charge in [-0.1, -0.05) is 30.3 Å². The highest BCUT2D eigenvalue weighted by Gasteiger charge is 2.26. The van der Waals surface area contributed by atoms with E-state index in [2.05, 4.69) is 40.2 Å². The van der Waals surface area contributed by atoms with Crippen LogP contribution in [0.15, 0.2) is 42.5 Å². The molecular weight excluding hydrogens is 246 g/mol. The number of pyridine rings is 1. The molecule has 100 valence electrons. The van der Waals surface area contributed by atoms with Crippen molar-refractivity contribution in [2.24, 2.45) is 0 Å². The molecule has 2 aromatic rings. The summed E-state index contributed by atoms with van der Waals surface area (Å²) in [4.78, 5) is 6.80. The number of nitrogens with zero attached hydrogens (tertiary/aromatic N) is 3. The van der Waals surface area contributed by atoms with Crippen LogP contribution in [0.4, 0.5) is 5.82 Å². The summed E-state index contributed by atoms with van der Waals surface area (Å²) in [6, 6.07) is 16.6. The summed E-state index contributed by atoms with van der Waals surface area (Å²) in [6.07, 6.45) is 1.12. The predicted octanol–water partition coefficient (Wildman–Crippen LogP) is 3.26. The zero-order valence-electron chi connectivity index (χ0n) is 11.6. The lowest BCUT2D eigenvalue weighted by atomic mass is 9.99. The minimum Gasteiger partial charge on any atom is -0.355 e. The molecule has 0 bridgehead atoms. The van der Waals surface area contributed by atoms with E-state index in [1.807, 2.05) is 25.1 Å². The highest BCUT2D eigenvalue weighted by Crippen LogP contribution is 2.31. The molecule has 1 aromatic heterocycles. The van der Waals surface area contributed by atoms with Crippen molar-refractivity contribution in [3.63, 3.8) is 0 Å². The van der Waals surface area contributed by atoms with Crippen molar-refractivity contribution in [1.82, 2.24) is 4.98 Å². The van der Waals surface area contributed by atoms with Crippen LogP contribution in [0.5, 0.6) is 0 Å². The standard InChI is InChI=1S/C17H17N3/c1-13-7-8-15(11-18)17(19-13)20-10-9-16(12-20)14-5-3-2-4-6-14/h2-8,16H,9-10,12H2,1H3. The first-order chi connectivity index (χ1) is 9.78. The SMILES string of the molecule is Cc1ccc(C#N)c(N2CCC(c3ccccc3)C2)n1. The van der Waals surface area contributed by atoms with Gasteiger partial charge < -0.3 is 4.90 Å². The van der Waals surface area contributed by atoms with E-state index in [0.717, 1.165) is 31.0 Å². The molecule has 3 nitrogen and oxygen atoms in total. The lowest BCUT2D eigenvalue weighted by Crippen LogP contribution is -2.21. The van der Waals surface area contributed by atoms with Crippen LogP contribution < -0.4 is 4.90 Å². The van der Waals surface area contributed by atoms with Gasteiger partial charge in [0.1, 0.15) is 11.9 Å². The zero-order valence-corrected chi connectivity index (χ0v) is 11.6. The fourth-order valence-corrected chi connectivity index (χ4v) is 2.82. The molecule has 0 spiro atoms. The molecule has 1 saturated heterocycles. The molecule has 1 unspecified atom stereocenters. The van der Waals surface area contributed by atoms with Gasteiger partial charge in [0.05, 0.1) is 5.56 Å². The lowest BCUT2D eigenvalue weighted by Gasteiger charge is -2.19. The fourth-order valence-electron chi connectivity index (χ4n) is 2.82. The predicted molar refractivity (Wildman–Crippen MR) is 79.7 cm³/mol. The topological polar surface area (TPSA) is 39.9 Å². The first-order valence-electron chi connectivity index (χ1n) is 6.95. The molecule has 1 atom stereocenters. The van der Waals surface area contributed by atoms with Gasteiger partial charge >= 0.3 is 0 Å². The highest BCUT2D eigenvalue weighted by atomic mass is 15.2. The number of aromatic nitrogens is 1. The van der Waals surface area contributed by atoms with Gasteiger partial charge in [-0.25, -0.2) is 4.98 Å². The van der Waals surface area contributed by atoms with Crippen LogP contribution in [0.2, 0.25) is 0 Å². The number of hydrogen-bond donors (Lipinski definition) is 0. The van der Waals surface area contributed by atoms with Crippen LogP contribution in [0.3, 0.4) is 0 Å². The van der Waals surface area contributed by atoms with E-state index in [9.17, 15) is 5.26 Å². The number of rotatable bonds is 2. The molecule has 0 amide bonds. The van der Waals surface area contributed by atoms with Crippen molar-refractivity contribution in [2.75, 3.05) is 18.0 Å². The smallest absolute Gasteiger partial charge is 0.146 e. The van der Waals surface area contributed by atoms with Gasteiger partial charge in [-0.05, 0) is 31.0 Å². The molecular formula is C17H17N3. The molecule has 1 aromatic carbocycles. The Hall–Kier alpha value is -2.34. The molecule has 2 heterocycles. The Kier molecular flexibility index (Phi) is 3.39. The third kappa shape index (κ3) is 2.37. The number of anilines is 1. The molecule has 1 aliphatic heterocycles. The maximum atomic E-state index is 9.24. The Labute approximate surface area is 119 Å². The summed E-state index contributed by atoms with van der Waals surface area (Å²) < 4.78 is 0. The van der Waals surface area contributed by atoms with Gasteiger partial charge in [0.2, 0.25) is 0 Å². The van der Waals surface area contributed by atoms with Crippen molar-refractivity contribution >= 4 is 5.82 Å².